The monoisotopic (exact) mass is 169 g/mol. The molecule has 1 spiro atoms. The van der Waals surface area contributed by atoms with E-state index in [0.717, 1.165) is 6.42 Å². The smallest absolute Gasteiger partial charge is 0.234 e. The Morgan fingerprint density at radius 3 is 3.17 bits per heavy atom. The van der Waals surface area contributed by atoms with Crippen LogP contribution in [0.5, 0.6) is 0 Å². The Kier molecular flexibility index (Phi) is 1.54. The van der Waals surface area contributed by atoms with E-state index in [4.69, 9.17) is 10.6 Å². The maximum atomic E-state index is 10.8. The van der Waals surface area contributed by atoms with E-state index in [2.05, 4.69) is 10.5 Å². The van der Waals surface area contributed by atoms with Crippen molar-refractivity contribution in [2.75, 3.05) is 6.54 Å². The van der Waals surface area contributed by atoms with Crippen LogP contribution in [0.4, 0.5) is 0 Å². The molecule has 0 bridgehead atoms. The Balaban J connectivity index is 2.02. The molecule has 5 heteroatoms. The van der Waals surface area contributed by atoms with E-state index in [1.165, 1.54) is 0 Å². The van der Waals surface area contributed by atoms with Gasteiger partial charge in [0.1, 0.15) is 0 Å². The van der Waals surface area contributed by atoms with Gasteiger partial charge in [0.2, 0.25) is 5.91 Å². The normalized spacial score (nSPS) is 38.8. The number of oxime groups is 1. The van der Waals surface area contributed by atoms with Crippen LogP contribution < -0.4 is 11.1 Å². The minimum atomic E-state index is -0.317. The van der Waals surface area contributed by atoms with Crippen LogP contribution in [0.3, 0.4) is 0 Å². The number of carbonyl (C=O) groups excluding carboxylic acids is 1. The zero-order valence-corrected chi connectivity index (χ0v) is 6.62. The zero-order chi connectivity index (χ0) is 8.60. The third-order valence-corrected chi connectivity index (χ3v) is 2.37. The number of nitrogens with two attached hydrogens (primary N) is 1. The van der Waals surface area contributed by atoms with Crippen LogP contribution in [0.25, 0.3) is 0 Å². The second-order valence-electron chi connectivity index (χ2n) is 3.31. The van der Waals surface area contributed by atoms with Crippen LogP contribution >= 0.6 is 0 Å². The first-order valence-electron chi connectivity index (χ1n) is 3.95. The van der Waals surface area contributed by atoms with Crippen LogP contribution in [-0.4, -0.2) is 30.3 Å². The minimum Gasteiger partial charge on any atom is -0.388 e. The van der Waals surface area contributed by atoms with Crippen molar-refractivity contribution in [1.29, 1.82) is 0 Å². The predicted molar refractivity (Wildman–Crippen MR) is 42.5 cm³/mol. The largest absolute Gasteiger partial charge is 0.388 e. The van der Waals surface area contributed by atoms with Crippen molar-refractivity contribution in [3.8, 4) is 0 Å². The molecule has 2 heterocycles. The summed E-state index contributed by atoms with van der Waals surface area (Å²) >= 11 is 0. The lowest BCUT2D eigenvalue weighted by Crippen LogP contribution is -2.36. The fraction of sp³-hybridized carbons (Fsp3) is 0.714. The van der Waals surface area contributed by atoms with Crippen molar-refractivity contribution in [2.45, 2.75) is 24.5 Å². The molecule has 12 heavy (non-hydrogen) atoms. The first-order chi connectivity index (χ1) is 5.72. The number of hydrogen-bond acceptors (Lipinski definition) is 4. The van der Waals surface area contributed by atoms with Crippen molar-refractivity contribution in [3.05, 3.63) is 0 Å². The number of carbonyl (C=O) groups is 1. The third-order valence-electron chi connectivity index (χ3n) is 2.37. The molecule has 3 N–H and O–H groups in total. The summed E-state index contributed by atoms with van der Waals surface area (Å²) in [5.41, 5.74) is 4.86. The van der Waals surface area contributed by atoms with E-state index in [-0.39, 0.29) is 17.6 Å². The molecule has 0 aromatic carbocycles. The maximum absolute atomic E-state index is 10.8. The Morgan fingerprint density at radius 1 is 1.83 bits per heavy atom. The van der Waals surface area contributed by atoms with Gasteiger partial charge in [-0.3, -0.25) is 4.79 Å². The van der Waals surface area contributed by atoms with Crippen LogP contribution in [-0.2, 0) is 9.63 Å². The molecule has 1 fully saturated rings. The Labute approximate surface area is 69.9 Å². The predicted octanol–water partition coefficient (Wildman–Crippen LogP) is -1.02. The van der Waals surface area contributed by atoms with Gasteiger partial charge in [-0.25, -0.2) is 0 Å². The molecule has 0 aromatic heterocycles. The van der Waals surface area contributed by atoms with Gasteiger partial charge >= 0.3 is 0 Å². The highest BCUT2D eigenvalue weighted by molar-refractivity contribution is 5.80. The molecule has 2 aliphatic rings. The highest BCUT2D eigenvalue weighted by atomic mass is 16.7. The minimum absolute atomic E-state index is 0.258. The quantitative estimate of drug-likeness (QED) is 0.527. The van der Waals surface area contributed by atoms with E-state index < -0.39 is 0 Å². The van der Waals surface area contributed by atoms with Gasteiger partial charge in [-0.2, -0.15) is 0 Å². The number of hydrogen-bond donors (Lipinski definition) is 2. The van der Waals surface area contributed by atoms with E-state index in [0.29, 0.717) is 13.0 Å². The molecule has 0 aromatic rings. The second-order valence-corrected chi connectivity index (χ2v) is 3.31. The van der Waals surface area contributed by atoms with Gasteiger partial charge < -0.3 is 15.9 Å². The Bertz CT molecular complexity index is 231. The average Bonchev–Trinajstić information content (AvgIpc) is 2.62. The number of primary amides is 1. The van der Waals surface area contributed by atoms with E-state index >= 15 is 0 Å². The van der Waals surface area contributed by atoms with Gasteiger partial charge in [-0.05, 0) is 0 Å². The summed E-state index contributed by atoms with van der Waals surface area (Å²) in [5.74, 6) is -0.317. The average molecular weight is 169 g/mol. The molecule has 1 amide bonds. The van der Waals surface area contributed by atoms with Gasteiger partial charge in [-0.1, -0.05) is 5.16 Å². The summed E-state index contributed by atoms with van der Waals surface area (Å²) in [6.07, 6.45) is 3.12. The summed E-state index contributed by atoms with van der Waals surface area (Å²) in [5, 5.41) is 6.70. The van der Waals surface area contributed by atoms with Crippen LogP contribution in [0, 0.1) is 0 Å². The van der Waals surface area contributed by atoms with E-state index in [1.54, 1.807) is 6.21 Å². The molecule has 2 rings (SSSR count). The van der Waals surface area contributed by atoms with Gasteiger partial charge in [-0.15, -0.1) is 0 Å². The SMILES string of the molecule is NC(=O)C1CC2(CC=NO2)CN1. The fourth-order valence-corrected chi connectivity index (χ4v) is 1.64. The van der Waals surface area contributed by atoms with E-state index in [1.807, 2.05) is 0 Å². The van der Waals surface area contributed by atoms with Crippen molar-refractivity contribution >= 4 is 12.1 Å². The third kappa shape index (κ3) is 1.06. The first kappa shape index (κ1) is 7.54. The molecule has 0 aliphatic carbocycles. The standard InChI is InChI=1S/C7H11N3O2/c8-6(11)5-3-7(4-9-5)1-2-10-12-7/h2,5,9H,1,3-4H2,(H2,8,11). The van der Waals surface area contributed by atoms with Gasteiger partial charge in [0.05, 0.1) is 6.04 Å². The van der Waals surface area contributed by atoms with Crippen LogP contribution in [0.1, 0.15) is 12.8 Å². The molecule has 1 saturated heterocycles. The van der Waals surface area contributed by atoms with Crippen molar-refractivity contribution < 1.29 is 9.63 Å². The summed E-state index contributed by atoms with van der Waals surface area (Å²) < 4.78 is 0. The molecule has 2 aliphatic heterocycles. The van der Waals surface area contributed by atoms with Gasteiger partial charge in [0, 0.05) is 25.6 Å². The lowest BCUT2D eigenvalue weighted by atomic mass is 9.97. The maximum Gasteiger partial charge on any atom is 0.234 e. The fourth-order valence-electron chi connectivity index (χ4n) is 1.64. The van der Waals surface area contributed by atoms with Crippen LogP contribution in [0.15, 0.2) is 5.16 Å². The lowest BCUT2D eigenvalue weighted by molar-refractivity contribution is -0.120. The molecular weight excluding hydrogens is 158 g/mol. The summed E-state index contributed by atoms with van der Waals surface area (Å²) in [4.78, 5) is 16.0. The first-order valence-corrected chi connectivity index (χ1v) is 3.95. The molecular formula is C7H11N3O2. The zero-order valence-electron chi connectivity index (χ0n) is 6.62. The lowest BCUT2D eigenvalue weighted by Gasteiger charge is -2.18. The van der Waals surface area contributed by atoms with Crippen molar-refractivity contribution in [2.24, 2.45) is 10.9 Å². The van der Waals surface area contributed by atoms with Crippen molar-refractivity contribution in [1.82, 2.24) is 5.32 Å². The molecule has 5 nitrogen and oxygen atoms in total. The summed E-state index contributed by atoms with van der Waals surface area (Å²) in [7, 11) is 0. The molecule has 66 valence electrons. The molecule has 0 saturated carbocycles. The molecule has 2 atom stereocenters. The van der Waals surface area contributed by atoms with Crippen molar-refractivity contribution in [3.63, 3.8) is 0 Å². The molecule has 2 unspecified atom stereocenters. The van der Waals surface area contributed by atoms with Crippen LogP contribution in [0.2, 0.25) is 0 Å². The number of rotatable bonds is 1. The Hall–Kier alpha value is -1.10. The van der Waals surface area contributed by atoms with E-state index in [9.17, 15) is 4.79 Å². The number of amides is 1. The molecule has 0 radical (unpaired) electrons. The summed E-state index contributed by atoms with van der Waals surface area (Å²) in [6, 6.07) is -0.258. The number of nitrogens with one attached hydrogen (secondary N) is 1. The highest BCUT2D eigenvalue weighted by Gasteiger charge is 2.44. The van der Waals surface area contributed by atoms with Gasteiger partial charge in [0.25, 0.3) is 0 Å². The Morgan fingerprint density at radius 2 is 2.67 bits per heavy atom. The summed E-state index contributed by atoms with van der Waals surface area (Å²) in [6.45, 7) is 0.653. The number of nitrogens with zero attached hydrogens (tertiary/aromatic N) is 1. The van der Waals surface area contributed by atoms with Gasteiger partial charge in [0.15, 0.2) is 5.60 Å². The second kappa shape index (κ2) is 2.45. The highest BCUT2D eigenvalue weighted by Crippen LogP contribution is 2.29. The topological polar surface area (TPSA) is 76.7 Å².